The fourth-order valence-corrected chi connectivity index (χ4v) is 2.24. The molecule has 3 nitrogen and oxygen atoms in total. The number of hydrogen-bond donors (Lipinski definition) is 1. The summed E-state index contributed by atoms with van der Waals surface area (Å²) in [5, 5.41) is 12.4. The number of hydrogen-bond acceptors (Lipinski definition) is 3. The summed E-state index contributed by atoms with van der Waals surface area (Å²) >= 11 is 3.42. The number of rotatable bonds is 4. The maximum atomic E-state index is 12.9. The molecule has 1 unspecified atom stereocenters. The second-order valence-electron chi connectivity index (χ2n) is 4.10. The first-order chi connectivity index (χ1) is 9.63. The molecule has 2 aromatic carbocycles. The van der Waals surface area contributed by atoms with Crippen molar-refractivity contribution in [2.75, 3.05) is 12.4 Å². The van der Waals surface area contributed by atoms with Crippen molar-refractivity contribution in [2.24, 2.45) is 0 Å². The van der Waals surface area contributed by atoms with E-state index in [1.807, 2.05) is 6.07 Å². The van der Waals surface area contributed by atoms with Crippen LogP contribution in [-0.2, 0) is 0 Å². The van der Waals surface area contributed by atoms with Crippen LogP contribution in [0.3, 0.4) is 0 Å². The molecule has 20 heavy (non-hydrogen) atoms. The van der Waals surface area contributed by atoms with Gasteiger partial charge in [0.15, 0.2) is 0 Å². The summed E-state index contributed by atoms with van der Waals surface area (Å²) in [5.41, 5.74) is 1.43. The quantitative estimate of drug-likeness (QED) is 0.907. The lowest BCUT2D eigenvalue weighted by Gasteiger charge is -2.15. The highest BCUT2D eigenvalue weighted by Gasteiger charge is 2.15. The fourth-order valence-electron chi connectivity index (χ4n) is 1.76. The summed E-state index contributed by atoms with van der Waals surface area (Å²) < 4.78 is 18.8. The van der Waals surface area contributed by atoms with Gasteiger partial charge in [0, 0.05) is 15.7 Å². The van der Waals surface area contributed by atoms with E-state index in [1.165, 1.54) is 12.1 Å². The molecule has 0 amide bonds. The van der Waals surface area contributed by atoms with Crippen LogP contribution in [-0.4, -0.2) is 7.11 Å². The molecule has 2 aromatic rings. The van der Waals surface area contributed by atoms with Crippen LogP contribution in [0.4, 0.5) is 10.1 Å². The molecule has 0 fully saturated rings. The van der Waals surface area contributed by atoms with Gasteiger partial charge in [-0.1, -0.05) is 15.9 Å². The van der Waals surface area contributed by atoms with Crippen LogP contribution in [0.15, 0.2) is 46.9 Å². The molecular weight excluding hydrogens is 323 g/mol. The number of nitriles is 1. The van der Waals surface area contributed by atoms with Crippen molar-refractivity contribution in [3.05, 3.63) is 58.3 Å². The van der Waals surface area contributed by atoms with E-state index in [1.54, 1.807) is 31.4 Å². The highest BCUT2D eigenvalue weighted by atomic mass is 79.9. The van der Waals surface area contributed by atoms with E-state index in [0.29, 0.717) is 11.4 Å². The zero-order valence-electron chi connectivity index (χ0n) is 10.7. The molecular formula is C15H12BrFN2O. The third kappa shape index (κ3) is 3.28. The Morgan fingerprint density at radius 2 is 1.95 bits per heavy atom. The molecule has 0 aliphatic carbocycles. The molecule has 102 valence electrons. The standard InChI is InChI=1S/C15H12BrFN2O/c1-20-12-6-7-14(16)13(8-12)15(9-18)19-11-4-2-10(17)3-5-11/h2-8,15,19H,1H3. The molecule has 0 aliphatic rings. The Morgan fingerprint density at radius 1 is 1.25 bits per heavy atom. The average molecular weight is 335 g/mol. The van der Waals surface area contributed by atoms with Crippen LogP contribution in [0, 0.1) is 17.1 Å². The molecule has 0 heterocycles. The Balaban J connectivity index is 2.28. The van der Waals surface area contributed by atoms with Crippen molar-refractivity contribution in [1.29, 1.82) is 5.26 Å². The Labute approximate surface area is 125 Å². The maximum Gasteiger partial charge on any atom is 0.141 e. The number of halogens is 2. The van der Waals surface area contributed by atoms with E-state index in [4.69, 9.17) is 4.74 Å². The Hall–Kier alpha value is -2.06. The number of ether oxygens (including phenoxy) is 1. The first-order valence-electron chi connectivity index (χ1n) is 5.89. The van der Waals surface area contributed by atoms with E-state index in [9.17, 15) is 9.65 Å². The minimum absolute atomic E-state index is 0.313. The van der Waals surface area contributed by atoms with Crippen LogP contribution < -0.4 is 10.1 Å². The number of nitrogens with zero attached hydrogens (tertiary/aromatic N) is 1. The van der Waals surface area contributed by atoms with Crippen LogP contribution in [0.25, 0.3) is 0 Å². The van der Waals surface area contributed by atoms with E-state index in [2.05, 4.69) is 27.3 Å². The van der Waals surface area contributed by atoms with Gasteiger partial charge >= 0.3 is 0 Å². The van der Waals surface area contributed by atoms with Crippen LogP contribution in [0.1, 0.15) is 11.6 Å². The van der Waals surface area contributed by atoms with Gasteiger partial charge in [0.2, 0.25) is 0 Å². The first-order valence-corrected chi connectivity index (χ1v) is 6.68. The Morgan fingerprint density at radius 3 is 2.55 bits per heavy atom. The molecule has 0 aliphatic heterocycles. The zero-order valence-corrected chi connectivity index (χ0v) is 12.3. The molecule has 0 bridgehead atoms. The second kappa shape index (κ2) is 6.40. The lowest BCUT2D eigenvalue weighted by molar-refractivity contribution is 0.414. The second-order valence-corrected chi connectivity index (χ2v) is 4.96. The van der Waals surface area contributed by atoms with E-state index in [0.717, 1.165) is 10.0 Å². The third-order valence-corrected chi connectivity index (χ3v) is 3.52. The van der Waals surface area contributed by atoms with Gasteiger partial charge in [0.1, 0.15) is 17.6 Å². The molecule has 0 radical (unpaired) electrons. The highest BCUT2D eigenvalue weighted by molar-refractivity contribution is 9.10. The summed E-state index contributed by atoms with van der Waals surface area (Å²) in [6.45, 7) is 0. The van der Waals surface area contributed by atoms with Crippen molar-refractivity contribution >= 4 is 21.6 Å². The van der Waals surface area contributed by atoms with Crippen molar-refractivity contribution in [1.82, 2.24) is 0 Å². The molecule has 0 aromatic heterocycles. The van der Waals surface area contributed by atoms with Crippen LogP contribution in [0.2, 0.25) is 0 Å². The fraction of sp³-hybridized carbons (Fsp3) is 0.133. The van der Waals surface area contributed by atoms with Crippen LogP contribution >= 0.6 is 15.9 Å². The lowest BCUT2D eigenvalue weighted by atomic mass is 10.1. The topological polar surface area (TPSA) is 45.0 Å². The van der Waals surface area contributed by atoms with E-state index >= 15 is 0 Å². The van der Waals surface area contributed by atoms with Crippen molar-refractivity contribution in [2.45, 2.75) is 6.04 Å². The SMILES string of the molecule is COc1ccc(Br)c(C(C#N)Nc2ccc(F)cc2)c1. The largest absolute Gasteiger partial charge is 0.497 e. The Kier molecular flexibility index (Phi) is 4.59. The minimum Gasteiger partial charge on any atom is -0.497 e. The highest BCUT2D eigenvalue weighted by Crippen LogP contribution is 2.29. The summed E-state index contributed by atoms with van der Waals surface area (Å²) in [6, 6.07) is 12.9. The minimum atomic E-state index is -0.565. The predicted molar refractivity (Wildman–Crippen MR) is 79.1 cm³/mol. The van der Waals surface area contributed by atoms with Crippen LogP contribution in [0.5, 0.6) is 5.75 Å². The predicted octanol–water partition coefficient (Wildman–Crippen LogP) is 4.27. The van der Waals surface area contributed by atoms with Gasteiger partial charge in [0.05, 0.1) is 13.2 Å². The third-order valence-electron chi connectivity index (χ3n) is 2.80. The van der Waals surface area contributed by atoms with Gasteiger partial charge in [-0.15, -0.1) is 0 Å². The summed E-state index contributed by atoms with van der Waals surface area (Å²) in [5.74, 6) is 0.357. The van der Waals surface area contributed by atoms with Gasteiger partial charge in [-0.3, -0.25) is 0 Å². The van der Waals surface area contributed by atoms with E-state index < -0.39 is 6.04 Å². The molecule has 5 heteroatoms. The molecule has 0 saturated heterocycles. The number of anilines is 1. The first kappa shape index (κ1) is 14.4. The summed E-state index contributed by atoms with van der Waals surface area (Å²) in [4.78, 5) is 0. The number of nitrogens with one attached hydrogen (secondary N) is 1. The van der Waals surface area contributed by atoms with Gasteiger partial charge in [0.25, 0.3) is 0 Å². The molecule has 0 spiro atoms. The number of methoxy groups -OCH3 is 1. The normalized spacial score (nSPS) is 11.5. The number of benzene rings is 2. The molecule has 1 N–H and O–H groups in total. The van der Waals surface area contributed by atoms with Crippen molar-refractivity contribution in [3.8, 4) is 11.8 Å². The summed E-state index contributed by atoms with van der Waals surface area (Å²) in [6.07, 6.45) is 0. The summed E-state index contributed by atoms with van der Waals surface area (Å²) in [7, 11) is 1.57. The van der Waals surface area contributed by atoms with E-state index in [-0.39, 0.29) is 5.82 Å². The van der Waals surface area contributed by atoms with Crippen molar-refractivity contribution < 1.29 is 9.13 Å². The van der Waals surface area contributed by atoms with Gasteiger partial charge in [-0.25, -0.2) is 4.39 Å². The Bertz CT molecular complexity index is 637. The lowest BCUT2D eigenvalue weighted by Crippen LogP contribution is -2.09. The molecule has 0 saturated carbocycles. The molecule has 1 atom stereocenters. The van der Waals surface area contributed by atoms with Gasteiger partial charge < -0.3 is 10.1 Å². The van der Waals surface area contributed by atoms with Gasteiger partial charge in [-0.05, 0) is 42.5 Å². The smallest absolute Gasteiger partial charge is 0.141 e. The zero-order chi connectivity index (χ0) is 14.5. The van der Waals surface area contributed by atoms with Crippen molar-refractivity contribution in [3.63, 3.8) is 0 Å². The molecule has 2 rings (SSSR count). The van der Waals surface area contributed by atoms with Gasteiger partial charge in [-0.2, -0.15) is 5.26 Å². The maximum absolute atomic E-state index is 12.9. The monoisotopic (exact) mass is 334 g/mol. The average Bonchev–Trinajstić information content (AvgIpc) is 2.47.